The molecule has 54 heavy (non-hydrogen) atoms. The molecular weight excluding hydrogens is 655 g/mol. The molecule has 3 heteroatoms. The number of rotatable bonds is 6. The van der Waals surface area contributed by atoms with Crippen LogP contribution in [0.2, 0.25) is 0 Å². The summed E-state index contributed by atoms with van der Waals surface area (Å²) in [5, 5.41) is 7.47. The Bertz CT molecular complexity index is 2940. The first-order valence-corrected chi connectivity index (χ1v) is 18.3. The zero-order valence-electron chi connectivity index (χ0n) is 29.4. The maximum atomic E-state index is 5.06. The van der Waals surface area contributed by atoms with Crippen LogP contribution in [0.5, 0.6) is 0 Å². The van der Waals surface area contributed by atoms with Crippen molar-refractivity contribution in [2.24, 2.45) is 0 Å². The summed E-state index contributed by atoms with van der Waals surface area (Å²) in [4.78, 5) is 15.1. The van der Waals surface area contributed by atoms with Crippen LogP contribution in [-0.4, -0.2) is 15.0 Å². The molecule has 10 rings (SSSR count). The Morgan fingerprint density at radius 2 is 0.611 bits per heavy atom. The van der Waals surface area contributed by atoms with E-state index in [4.69, 9.17) is 15.0 Å². The number of hydrogen-bond acceptors (Lipinski definition) is 3. The molecular formula is C51H33N3. The second kappa shape index (κ2) is 13.4. The monoisotopic (exact) mass is 687 g/mol. The Balaban J connectivity index is 1.03. The van der Waals surface area contributed by atoms with Gasteiger partial charge in [0.1, 0.15) is 0 Å². The summed E-state index contributed by atoms with van der Waals surface area (Å²) in [5.41, 5.74) is 9.92. The Morgan fingerprint density at radius 1 is 0.222 bits per heavy atom. The van der Waals surface area contributed by atoms with E-state index in [-0.39, 0.29) is 0 Å². The summed E-state index contributed by atoms with van der Waals surface area (Å²) in [6.45, 7) is 0. The van der Waals surface area contributed by atoms with Crippen molar-refractivity contribution in [1.82, 2.24) is 15.0 Å². The molecule has 9 aromatic carbocycles. The topological polar surface area (TPSA) is 38.7 Å². The van der Waals surface area contributed by atoms with Crippen molar-refractivity contribution in [3.05, 3.63) is 200 Å². The van der Waals surface area contributed by atoms with Crippen LogP contribution in [0.1, 0.15) is 0 Å². The molecule has 0 radical (unpaired) electrons. The van der Waals surface area contributed by atoms with Crippen LogP contribution in [0.25, 0.3) is 99.9 Å². The van der Waals surface area contributed by atoms with Crippen LogP contribution in [0.4, 0.5) is 0 Å². The van der Waals surface area contributed by atoms with E-state index in [1.165, 1.54) is 49.0 Å². The SMILES string of the molecule is c1ccc(-c2ccc(-c3ccc(-c4nc(-c5ccccc5)nc(-c5ccc(-c6c7ccccc7cc7c6ccc6ccccc67)cc5)n4)cc3)cc2)cc1. The summed E-state index contributed by atoms with van der Waals surface area (Å²) in [7, 11) is 0. The van der Waals surface area contributed by atoms with Gasteiger partial charge in [-0.3, -0.25) is 0 Å². The smallest absolute Gasteiger partial charge is 0.164 e. The molecule has 0 saturated carbocycles. The lowest BCUT2D eigenvalue weighted by atomic mass is 9.89. The highest BCUT2D eigenvalue weighted by Crippen LogP contribution is 2.40. The van der Waals surface area contributed by atoms with E-state index in [9.17, 15) is 0 Å². The molecule has 1 aromatic heterocycles. The van der Waals surface area contributed by atoms with E-state index < -0.39 is 0 Å². The fourth-order valence-electron chi connectivity index (χ4n) is 7.57. The highest BCUT2D eigenvalue weighted by Gasteiger charge is 2.15. The highest BCUT2D eigenvalue weighted by molar-refractivity contribution is 6.20. The zero-order chi connectivity index (χ0) is 35.8. The zero-order valence-corrected chi connectivity index (χ0v) is 29.4. The van der Waals surface area contributed by atoms with Crippen LogP contribution in [-0.2, 0) is 0 Å². The molecule has 10 aromatic rings. The van der Waals surface area contributed by atoms with E-state index in [1.807, 2.05) is 36.4 Å². The van der Waals surface area contributed by atoms with Gasteiger partial charge in [-0.15, -0.1) is 0 Å². The van der Waals surface area contributed by atoms with Crippen LogP contribution >= 0.6 is 0 Å². The normalized spacial score (nSPS) is 11.3. The van der Waals surface area contributed by atoms with Crippen LogP contribution in [0.3, 0.4) is 0 Å². The number of fused-ring (bicyclic) bond motifs is 4. The minimum atomic E-state index is 0.639. The molecule has 0 unspecified atom stereocenters. The summed E-state index contributed by atoms with van der Waals surface area (Å²) in [5.74, 6) is 1.92. The van der Waals surface area contributed by atoms with Crippen molar-refractivity contribution in [1.29, 1.82) is 0 Å². The van der Waals surface area contributed by atoms with Crippen molar-refractivity contribution in [3.63, 3.8) is 0 Å². The van der Waals surface area contributed by atoms with Crippen LogP contribution in [0, 0.1) is 0 Å². The average molecular weight is 688 g/mol. The molecule has 0 amide bonds. The highest BCUT2D eigenvalue weighted by atomic mass is 15.0. The third-order valence-electron chi connectivity index (χ3n) is 10.3. The quantitative estimate of drug-likeness (QED) is 0.129. The molecule has 0 aliphatic heterocycles. The Kier molecular flexibility index (Phi) is 7.81. The van der Waals surface area contributed by atoms with E-state index in [0.717, 1.165) is 33.4 Å². The first-order valence-electron chi connectivity index (χ1n) is 18.3. The van der Waals surface area contributed by atoms with Gasteiger partial charge in [0.05, 0.1) is 0 Å². The number of hydrogen-bond donors (Lipinski definition) is 0. The minimum absolute atomic E-state index is 0.639. The lowest BCUT2D eigenvalue weighted by Crippen LogP contribution is -2.00. The van der Waals surface area contributed by atoms with Gasteiger partial charge in [0, 0.05) is 16.7 Å². The van der Waals surface area contributed by atoms with Gasteiger partial charge in [0.2, 0.25) is 0 Å². The predicted molar refractivity (Wildman–Crippen MR) is 225 cm³/mol. The van der Waals surface area contributed by atoms with Gasteiger partial charge in [-0.2, -0.15) is 0 Å². The van der Waals surface area contributed by atoms with Gasteiger partial charge in [-0.1, -0.05) is 194 Å². The molecule has 3 nitrogen and oxygen atoms in total. The molecule has 0 aliphatic rings. The first-order chi connectivity index (χ1) is 26.7. The molecule has 0 spiro atoms. The van der Waals surface area contributed by atoms with Gasteiger partial charge in [0.25, 0.3) is 0 Å². The third kappa shape index (κ3) is 5.78. The minimum Gasteiger partial charge on any atom is -0.208 e. The standard InChI is InChI=1S/C51H33N3/c1-3-11-34(12-4-1)35-19-21-36(22-20-35)37-23-27-41(28-24-37)50-52-49(40-14-5-2-6-15-40)53-51(54-50)42-29-25-39(26-30-42)48-45-18-10-8-16-43(45)33-47-44-17-9-7-13-38(44)31-32-46(47)48/h1-33H. The Hall–Kier alpha value is -7.23. The van der Waals surface area contributed by atoms with Gasteiger partial charge >= 0.3 is 0 Å². The van der Waals surface area contributed by atoms with E-state index in [0.29, 0.717) is 17.5 Å². The Labute approximate surface area is 313 Å². The second-order valence-corrected chi connectivity index (χ2v) is 13.6. The molecule has 0 N–H and O–H groups in total. The molecule has 0 aliphatic carbocycles. The van der Waals surface area contributed by atoms with Crippen molar-refractivity contribution in [3.8, 4) is 67.5 Å². The number of aromatic nitrogens is 3. The summed E-state index contributed by atoms with van der Waals surface area (Å²) >= 11 is 0. The third-order valence-corrected chi connectivity index (χ3v) is 10.3. The lowest BCUT2D eigenvalue weighted by molar-refractivity contribution is 1.07. The van der Waals surface area contributed by atoms with Gasteiger partial charge < -0.3 is 0 Å². The summed E-state index contributed by atoms with van der Waals surface area (Å²) < 4.78 is 0. The number of nitrogens with zero attached hydrogens (tertiary/aromatic N) is 3. The molecule has 0 bridgehead atoms. The number of benzene rings is 9. The largest absolute Gasteiger partial charge is 0.208 e. The van der Waals surface area contributed by atoms with Crippen molar-refractivity contribution >= 4 is 32.3 Å². The van der Waals surface area contributed by atoms with Gasteiger partial charge in [-0.25, -0.2) is 15.0 Å². The fourth-order valence-corrected chi connectivity index (χ4v) is 7.57. The summed E-state index contributed by atoms with van der Waals surface area (Å²) in [6, 6.07) is 70.6. The van der Waals surface area contributed by atoms with Crippen LogP contribution < -0.4 is 0 Å². The van der Waals surface area contributed by atoms with Crippen molar-refractivity contribution in [2.45, 2.75) is 0 Å². The van der Waals surface area contributed by atoms with Crippen molar-refractivity contribution < 1.29 is 0 Å². The van der Waals surface area contributed by atoms with E-state index >= 15 is 0 Å². The van der Waals surface area contributed by atoms with Gasteiger partial charge in [-0.05, 0) is 71.8 Å². The second-order valence-electron chi connectivity index (χ2n) is 13.6. The molecule has 252 valence electrons. The van der Waals surface area contributed by atoms with Gasteiger partial charge in [0.15, 0.2) is 17.5 Å². The lowest BCUT2D eigenvalue weighted by Gasteiger charge is -2.14. The van der Waals surface area contributed by atoms with Crippen molar-refractivity contribution in [2.75, 3.05) is 0 Å². The average Bonchev–Trinajstić information content (AvgIpc) is 3.26. The summed E-state index contributed by atoms with van der Waals surface area (Å²) in [6.07, 6.45) is 0. The molecule has 0 fully saturated rings. The maximum Gasteiger partial charge on any atom is 0.164 e. The molecule has 1 heterocycles. The van der Waals surface area contributed by atoms with E-state index in [2.05, 4.69) is 164 Å². The van der Waals surface area contributed by atoms with E-state index in [1.54, 1.807) is 0 Å². The maximum absolute atomic E-state index is 5.06. The fraction of sp³-hybridized carbons (Fsp3) is 0. The molecule has 0 saturated heterocycles. The van der Waals surface area contributed by atoms with Crippen LogP contribution in [0.15, 0.2) is 200 Å². The molecule has 0 atom stereocenters. The first kappa shape index (κ1) is 31.5. The predicted octanol–water partition coefficient (Wildman–Crippen LogP) is 13.3. The Morgan fingerprint density at radius 3 is 1.17 bits per heavy atom.